The van der Waals surface area contributed by atoms with Crippen LogP contribution >= 0.6 is 11.3 Å². The van der Waals surface area contributed by atoms with Crippen LogP contribution in [0.15, 0.2) is 30.3 Å². The molecular formula is C23H26F2N4O2S. The van der Waals surface area contributed by atoms with Gasteiger partial charge in [-0.3, -0.25) is 4.79 Å². The van der Waals surface area contributed by atoms with Crippen LogP contribution in [-0.4, -0.2) is 35.0 Å². The molecular weight excluding hydrogens is 434 g/mol. The van der Waals surface area contributed by atoms with Crippen LogP contribution in [0.4, 0.5) is 19.6 Å². The van der Waals surface area contributed by atoms with Crippen molar-refractivity contribution in [1.29, 1.82) is 0 Å². The molecule has 0 aliphatic carbocycles. The summed E-state index contributed by atoms with van der Waals surface area (Å²) in [6.45, 7) is 5.50. The number of pyridine rings is 1. The van der Waals surface area contributed by atoms with Gasteiger partial charge in [-0.2, -0.15) is 0 Å². The number of aliphatic hydroxyl groups is 1. The molecule has 0 spiro atoms. The standard InChI is InChI=1S/C23H26F2N4O2S/c1-12-13(11-29(4)5)6-7-19(27-12)28-22-15(21(26)30)10-18(32-22)20-16(24)8-14(9-17(20)25)23(2,3)31/h6-10,31H,11H2,1-5H3,(H2,26,30)(H,27,28). The predicted octanol–water partition coefficient (Wildman–Crippen LogP) is 4.53. The molecule has 4 N–H and O–H groups in total. The van der Waals surface area contributed by atoms with Crippen molar-refractivity contribution in [3.63, 3.8) is 0 Å². The largest absolute Gasteiger partial charge is 0.386 e. The summed E-state index contributed by atoms with van der Waals surface area (Å²) in [6.07, 6.45) is 0. The van der Waals surface area contributed by atoms with Gasteiger partial charge >= 0.3 is 0 Å². The van der Waals surface area contributed by atoms with Crippen molar-refractivity contribution in [2.45, 2.75) is 32.9 Å². The second-order valence-electron chi connectivity index (χ2n) is 8.40. The Morgan fingerprint density at radius 3 is 2.34 bits per heavy atom. The summed E-state index contributed by atoms with van der Waals surface area (Å²) in [7, 11) is 3.93. The zero-order valence-electron chi connectivity index (χ0n) is 18.6. The van der Waals surface area contributed by atoms with Gasteiger partial charge in [0, 0.05) is 17.1 Å². The van der Waals surface area contributed by atoms with Crippen molar-refractivity contribution >= 4 is 28.1 Å². The minimum absolute atomic E-state index is 0.104. The van der Waals surface area contributed by atoms with Gasteiger partial charge in [0.15, 0.2) is 0 Å². The fourth-order valence-corrected chi connectivity index (χ4v) is 4.35. The Bertz CT molecular complexity index is 1150. The Balaban J connectivity index is 2.00. The van der Waals surface area contributed by atoms with Gasteiger partial charge in [-0.15, -0.1) is 11.3 Å². The lowest BCUT2D eigenvalue weighted by molar-refractivity contribution is 0.0778. The summed E-state index contributed by atoms with van der Waals surface area (Å²) in [6, 6.07) is 7.23. The number of nitrogens with zero attached hydrogens (tertiary/aromatic N) is 2. The Hall–Kier alpha value is -2.88. The number of aryl methyl sites for hydroxylation is 1. The first kappa shape index (κ1) is 23.8. The zero-order chi connectivity index (χ0) is 23.8. The third-order valence-corrected chi connectivity index (χ3v) is 5.98. The molecule has 1 amide bonds. The van der Waals surface area contributed by atoms with E-state index in [1.54, 1.807) is 6.07 Å². The SMILES string of the molecule is Cc1nc(Nc2sc(-c3c(F)cc(C(C)(C)O)cc3F)cc2C(N)=O)ccc1CN(C)C. The second kappa shape index (κ2) is 8.93. The highest BCUT2D eigenvalue weighted by atomic mass is 32.1. The molecule has 0 saturated carbocycles. The van der Waals surface area contributed by atoms with Crippen LogP contribution in [-0.2, 0) is 12.1 Å². The minimum Gasteiger partial charge on any atom is -0.386 e. The van der Waals surface area contributed by atoms with Crippen molar-refractivity contribution in [1.82, 2.24) is 9.88 Å². The molecule has 0 aliphatic rings. The molecule has 0 atom stereocenters. The van der Waals surface area contributed by atoms with E-state index < -0.39 is 23.1 Å². The molecule has 6 nitrogen and oxygen atoms in total. The molecule has 2 aromatic heterocycles. The molecule has 2 heterocycles. The molecule has 0 saturated heterocycles. The monoisotopic (exact) mass is 460 g/mol. The Morgan fingerprint density at radius 1 is 1.22 bits per heavy atom. The molecule has 0 aliphatic heterocycles. The van der Waals surface area contributed by atoms with E-state index >= 15 is 0 Å². The Labute approximate surface area is 189 Å². The number of benzene rings is 1. The zero-order valence-corrected chi connectivity index (χ0v) is 19.4. The summed E-state index contributed by atoms with van der Waals surface area (Å²) < 4.78 is 29.6. The van der Waals surface area contributed by atoms with Gasteiger partial charge in [-0.05, 0) is 70.3 Å². The number of hydrogen-bond donors (Lipinski definition) is 3. The highest BCUT2D eigenvalue weighted by Gasteiger charge is 2.24. The highest BCUT2D eigenvalue weighted by molar-refractivity contribution is 7.20. The van der Waals surface area contributed by atoms with Gasteiger partial charge in [-0.1, -0.05) is 6.07 Å². The molecule has 3 aromatic rings. The van der Waals surface area contributed by atoms with Crippen LogP contribution in [0.5, 0.6) is 0 Å². The van der Waals surface area contributed by atoms with Crippen LogP contribution in [0, 0.1) is 18.6 Å². The van der Waals surface area contributed by atoms with Crippen LogP contribution in [0.25, 0.3) is 10.4 Å². The quantitative estimate of drug-likeness (QED) is 0.482. The van der Waals surface area contributed by atoms with Crippen molar-refractivity contribution in [2.75, 3.05) is 19.4 Å². The number of nitrogens with one attached hydrogen (secondary N) is 1. The number of anilines is 2. The fraction of sp³-hybridized carbons (Fsp3) is 0.304. The topological polar surface area (TPSA) is 91.5 Å². The molecule has 9 heteroatoms. The lowest BCUT2D eigenvalue weighted by atomic mass is 9.96. The van der Waals surface area contributed by atoms with Gasteiger partial charge < -0.3 is 21.1 Å². The molecule has 0 unspecified atom stereocenters. The van der Waals surface area contributed by atoms with Crippen LogP contribution in [0.3, 0.4) is 0 Å². The average Bonchev–Trinajstić information content (AvgIpc) is 3.06. The lowest BCUT2D eigenvalue weighted by Crippen LogP contribution is -2.16. The summed E-state index contributed by atoms with van der Waals surface area (Å²) >= 11 is 0.995. The van der Waals surface area contributed by atoms with E-state index in [4.69, 9.17) is 5.73 Å². The van der Waals surface area contributed by atoms with E-state index in [1.807, 2.05) is 32.0 Å². The molecule has 170 valence electrons. The number of nitrogens with two attached hydrogens (primary N) is 1. The first-order chi connectivity index (χ1) is 14.9. The number of carbonyl (C=O) groups excluding carboxylic acids is 1. The minimum atomic E-state index is -1.40. The van der Waals surface area contributed by atoms with E-state index in [-0.39, 0.29) is 21.6 Å². The number of amides is 1. The molecule has 0 bridgehead atoms. The van der Waals surface area contributed by atoms with Crippen molar-refractivity contribution in [3.05, 3.63) is 64.4 Å². The van der Waals surface area contributed by atoms with Crippen LogP contribution < -0.4 is 11.1 Å². The Kier molecular flexibility index (Phi) is 6.64. The normalized spacial score (nSPS) is 11.8. The molecule has 0 radical (unpaired) electrons. The average molecular weight is 461 g/mol. The predicted molar refractivity (Wildman–Crippen MR) is 123 cm³/mol. The summed E-state index contributed by atoms with van der Waals surface area (Å²) in [4.78, 5) is 18.7. The van der Waals surface area contributed by atoms with E-state index in [9.17, 15) is 18.7 Å². The van der Waals surface area contributed by atoms with Gasteiger partial charge in [0.1, 0.15) is 22.5 Å². The van der Waals surface area contributed by atoms with Gasteiger partial charge in [0.2, 0.25) is 0 Å². The van der Waals surface area contributed by atoms with E-state index in [0.29, 0.717) is 10.8 Å². The molecule has 0 fully saturated rings. The molecule has 32 heavy (non-hydrogen) atoms. The van der Waals surface area contributed by atoms with Crippen LogP contribution in [0.1, 0.15) is 41.0 Å². The van der Waals surface area contributed by atoms with Gasteiger partial charge in [-0.25, -0.2) is 13.8 Å². The van der Waals surface area contributed by atoms with Crippen LogP contribution in [0.2, 0.25) is 0 Å². The molecule has 1 aromatic carbocycles. The maximum atomic E-state index is 14.8. The Morgan fingerprint density at radius 2 is 1.84 bits per heavy atom. The number of halogens is 2. The third-order valence-electron chi connectivity index (χ3n) is 4.92. The van der Waals surface area contributed by atoms with Crippen molar-refractivity contribution in [3.8, 4) is 10.4 Å². The smallest absolute Gasteiger partial charge is 0.251 e. The van der Waals surface area contributed by atoms with Crippen molar-refractivity contribution < 1.29 is 18.7 Å². The highest BCUT2D eigenvalue weighted by Crippen LogP contribution is 2.40. The first-order valence-corrected chi connectivity index (χ1v) is 10.7. The number of primary amides is 1. The maximum Gasteiger partial charge on any atom is 0.251 e. The molecule has 3 rings (SSSR count). The fourth-order valence-electron chi connectivity index (χ4n) is 3.24. The number of carbonyl (C=O) groups is 1. The van der Waals surface area contributed by atoms with Gasteiger partial charge in [0.25, 0.3) is 5.91 Å². The number of rotatable bonds is 7. The number of thiophene rings is 1. The second-order valence-corrected chi connectivity index (χ2v) is 9.45. The summed E-state index contributed by atoms with van der Waals surface area (Å²) in [5.74, 6) is -1.93. The van der Waals surface area contributed by atoms with E-state index in [2.05, 4.69) is 10.3 Å². The van der Waals surface area contributed by atoms with E-state index in [0.717, 1.165) is 41.3 Å². The van der Waals surface area contributed by atoms with E-state index in [1.165, 1.54) is 19.9 Å². The first-order valence-electron chi connectivity index (χ1n) is 9.91. The third kappa shape index (κ3) is 5.12. The summed E-state index contributed by atoms with van der Waals surface area (Å²) in [5, 5.41) is 13.4. The number of hydrogen-bond acceptors (Lipinski definition) is 6. The van der Waals surface area contributed by atoms with Gasteiger partial charge in [0.05, 0.1) is 16.7 Å². The van der Waals surface area contributed by atoms with Crippen molar-refractivity contribution in [2.24, 2.45) is 5.73 Å². The summed E-state index contributed by atoms with van der Waals surface area (Å²) in [5.41, 5.74) is 5.91. The lowest BCUT2D eigenvalue weighted by Gasteiger charge is -2.18. The number of aromatic nitrogens is 1. The maximum absolute atomic E-state index is 14.8.